The van der Waals surface area contributed by atoms with Gasteiger partial charge in [0.1, 0.15) is 24.8 Å². The third kappa shape index (κ3) is 4.52. The van der Waals surface area contributed by atoms with E-state index in [1.165, 1.54) is 25.1 Å². The molecule has 0 aromatic heterocycles. The Bertz CT molecular complexity index is 871. The second kappa shape index (κ2) is 8.03. The lowest BCUT2D eigenvalue weighted by molar-refractivity contribution is -0.124. The molecule has 1 atom stereocenters. The maximum atomic E-state index is 13.7. The van der Waals surface area contributed by atoms with Gasteiger partial charge in [-0.1, -0.05) is 6.07 Å². The first-order chi connectivity index (χ1) is 12.9. The van der Waals surface area contributed by atoms with Gasteiger partial charge in [-0.25, -0.2) is 13.6 Å². The molecule has 0 unspecified atom stereocenters. The molecule has 2 aromatic carbocycles. The van der Waals surface area contributed by atoms with E-state index in [0.717, 1.165) is 12.1 Å². The molecule has 0 saturated carbocycles. The van der Waals surface area contributed by atoms with Gasteiger partial charge in [-0.15, -0.1) is 0 Å². The highest BCUT2D eigenvalue weighted by Crippen LogP contribution is 2.30. The molecule has 1 aliphatic rings. The molecule has 1 amide bonds. The average molecular weight is 377 g/mol. The minimum atomic E-state index is -0.768. The van der Waals surface area contributed by atoms with Gasteiger partial charge >= 0.3 is 5.97 Å². The lowest BCUT2D eigenvalue weighted by Gasteiger charge is -2.18. The summed E-state index contributed by atoms with van der Waals surface area (Å²) in [4.78, 5) is 24.0. The fraction of sp³-hybridized carbons (Fsp3) is 0.263. The zero-order valence-electron chi connectivity index (χ0n) is 14.5. The quantitative estimate of drug-likeness (QED) is 0.811. The number of carbonyl (C=O) groups excluding carboxylic acids is 2. The van der Waals surface area contributed by atoms with Crippen molar-refractivity contribution in [1.82, 2.24) is 5.32 Å². The number of fused-ring (bicyclic) bond motifs is 1. The zero-order valence-corrected chi connectivity index (χ0v) is 14.5. The van der Waals surface area contributed by atoms with Crippen molar-refractivity contribution in [3.8, 4) is 11.5 Å². The fourth-order valence-corrected chi connectivity index (χ4v) is 2.60. The van der Waals surface area contributed by atoms with Gasteiger partial charge in [0.2, 0.25) is 0 Å². The van der Waals surface area contributed by atoms with E-state index in [9.17, 15) is 18.4 Å². The van der Waals surface area contributed by atoms with Crippen LogP contribution in [0.3, 0.4) is 0 Å². The second-order valence-corrected chi connectivity index (χ2v) is 5.89. The van der Waals surface area contributed by atoms with E-state index in [2.05, 4.69) is 5.32 Å². The number of ether oxygens (including phenoxy) is 3. The van der Waals surface area contributed by atoms with Crippen molar-refractivity contribution < 1.29 is 32.6 Å². The first-order valence-corrected chi connectivity index (χ1v) is 8.25. The minimum absolute atomic E-state index is 0.128. The summed E-state index contributed by atoms with van der Waals surface area (Å²) >= 11 is 0. The van der Waals surface area contributed by atoms with E-state index < -0.39 is 36.2 Å². The number of carbonyl (C=O) groups is 2. The molecule has 1 N–H and O–H groups in total. The largest absolute Gasteiger partial charge is 0.486 e. The lowest BCUT2D eigenvalue weighted by Crippen LogP contribution is -2.31. The predicted molar refractivity (Wildman–Crippen MR) is 90.6 cm³/mol. The Kier molecular flexibility index (Phi) is 5.54. The van der Waals surface area contributed by atoms with Crippen LogP contribution >= 0.6 is 0 Å². The number of amides is 1. The van der Waals surface area contributed by atoms with Gasteiger partial charge in [0.05, 0.1) is 11.6 Å². The van der Waals surface area contributed by atoms with E-state index >= 15 is 0 Å². The SMILES string of the molecule is C[C@@H](NC(=O)COC(=O)c1ccc2c(c1)OCCO2)c1ccc(F)cc1F. The Labute approximate surface area is 154 Å². The summed E-state index contributed by atoms with van der Waals surface area (Å²) in [6, 6.07) is 6.94. The van der Waals surface area contributed by atoms with Crippen molar-refractivity contribution in [2.45, 2.75) is 13.0 Å². The van der Waals surface area contributed by atoms with Crippen LogP contribution in [0.15, 0.2) is 36.4 Å². The van der Waals surface area contributed by atoms with Crippen molar-refractivity contribution in [3.05, 3.63) is 59.2 Å². The number of hydrogen-bond acceptors (Lipinski definition) is 5. The van der Waals surface area contributed by atoms with Crippen molar-refractivity contribution in [2.75, 3.05) is 19.8 Å². The third-order valence-electron chi connectivity index (χ3n) is 3.92. The fourth-order valence-electron chi connectivity index (χ4n) is 2.60. The molecular formula is C19H17F2NO5. The first kappa shape index (κ1) is 18.6. The summed E-state index contributed by atoms with van der Waals surface area (Å²) in [5.41, 5.74) is 0.340. The van der Waals surface area contributed by atoms with E-state index in [1.807, 2.05) is 0 Å². The van der Waals surface area contributed by atoms with Crippen molar-refractivity contribution in [3.63, 3.8) is 0 Å². The Hall–Kier alpha value is -3.16. The number of rotatable bonds is 5. The van der Waals surface area contributed by atoms with Crippen LogP contribution in [-0.4, -0.2) is 31.7 Å². The van der Waals surface area contributed by atoms with Crippen LogP contribution in [0.4, 0.5) is 8.78 Å². The molecule has 1 aliphatic heterocycles. The molecule has 0 radical (unpaired) electrons. The second-order valence-electron chi connectivity index (χ2n) is 5.89. The van der Waals surface area contributed by atoms with Crippen LogP contribution in [0.5, 0.6) is 11.5 Å². The zero-order chi connectivity index (χ0) is 19.4. The van der Waals surface area contributed by atoms with E-state index in [1.54, 1.807) is 6.07 Å². The third-order valence-corrected chi connectivity index (χ3v) is 3.92. The molecule has 0 saturated heterocycles. The lowest BCUT2D eigenvalue weighted by atomic mass is 10.1. The normalized spacial score (nSPS) is 13.6. The maximum absolute atomic E-state index is 13.7. The van der Waals surface area contributed by atoms with Crippen LogP contribution < -0.4 is 14.8 Å². The molecule has 0 spiro atoms. The first-order valence-electron chi connectivity index (χ1n) is 8.25. The van der Waals surface area contributed by atoms with Crippen molar-refractivity contribution in [2.24, 2.45) is 0 Å². The highest BCUT2D eigenvalue weighted by Gasteiger charge is 2.18. The maximum Gasteiger partial charge on any atom is 0.338 e. The van der Waals surface area contributed by atoms with Gasteiger partial charge in [-0.05, 0) is 31.2 Å². The molecular weight excluding hydrogens is 360 g/mol. The van der Waals surface area contributed by atoms with E-state index in [-0.39, 0.29) is 11.1 Å². The van der Waals surface area contributed by atoms with Gasteiger partial charge < -0.3 is 19.5 Å². The summed E-state index contributed by atoms with van der Waals surface area (Å²) in [5.74, 6) is -1.83. The molecule has 0 bridgehead atoms. The Balaban J connectivity index is 1.54. The molecule has 3 rings (SSSR count). The molecule has 0 fully saturated rings. The standard InChI is InChI=1S/C19H17F2NO5/c1-11(14-4-3-13(20)9-15(14)21)22-18(23)10-27-19(24)12-2-5-16-17(8-12)26-7-6-25-16/h2-5,8-9,11H,6-7,10H2,1H3,(H,22,23)/t11-/m1/s1. The highest BCUT2D eigenvalue weighted by atomic mass is 19.1. The van der Waals surface area contributed by atoms with Gasteiger partial charge in [-0.3, -0.25) is 4.79 Å². The molecule has 1 heterocycles. The van der Waals surface area contributed by atoms with Gasteiger partial charge in [0.15, 0.2) is 18.1 Å². The van der Waals surface area contributed by atoms with Gasteiger partial charge in [0.25, 0.3) is 5.91 Å². The van der Waals surface area contributed by atoms with E-state index in [4.69, 9.17) is 14.2 Å². The molecule has 27 heavy (non-hydrogen) atoms. The summed E-state index contributed by atoms with van der Waals surface area (Å²) in [6.07, 6.45) is 0. The summed E-state index contributed by atoms with van der Waals surface area (Å²) in [5, 5.41) is 2.49. The number of esters is 1. The van der Waals surface area contributed by atoms with Crippen molar-refractivity contribution >= 4 is 11.9 Å². The molecule has 6 nitrogen and oxygen atoms in total. The van der Waals surface area contributed by atoms with Crippen LogP contribution in [0.2, 0.25) is 0 Å². The van der Waals surface area contributed by atoms with Crippen LogP contribution in [0, 0.1) is 11.6 Å². The molecule has 0 aliphatic carbocycles. The monoisotopic (exact) mass is 377 g/mol. The average Bonchev–Trinajstić information content (AvgIpc) is 2.65. The topological polar surface area (TPSA) is 73.9 Å². The van der Waals surface area contributed by atoms with Crippen LogP contribution in [0.1, 0.15) is 28.9 Å². The molecule has 8 heteroatoms. The number of nitrogens with one attached hydrogen (secondary N) is 1. The molecule has 142 valence electrons. The molecule has 2 aromatic rings. The number of benzene rings is 2. The van der Waals surface area contributed by atoms with Gasteiger partial charge in [-0.2, -0.15) is 0 Å². The summed E-state index contributed by atoms with van der Waals surface area (Å²) < 4.78 is 42.4. The van der Waals surface area contributed by atoms with E-state index in [0.29, 0.717) is 24.7 Å². The van der Waals surface area contributed by atoms with Crippen LogP contribution in [0.25, 0.3) is 0 Å². The summed E-state index contributed by atoms with van der Waals surface area (Å²) in [6.45, 7) is 1.81. The number of hydrogen-bond donors (Lipinski definition) is 1. The highest BCUT2D eigenvalue weighted by molar-refractivity contribution is 5.92. The Morgan fingerprint density at radius 1 is 1.11 bits per heavy atom. The minimum Gasteiger partial charge on any atom is -0.486 e. The van der Waals surface area contributed by atoms with Crippen LogP contribution in [-0.2, 0) is 9.53 Å². The predicted octanol–water partition coefficient (Wildman–Crippen LogP) is 2.77. The van der Waals surface area contributed by atoms with Crippen molar-refractivity contribution in [1.29, 1.82) is 0 Å². The Morgan fingerprint density at radius 2 is 1.85 bits per heavy atom. The number of halogens is 2. The Morgan fingerprint density at radius 3 is 2.59 bits per heavy atom. The summed E-state index contributed by atoms with van der Waals surface area (Å²) in [7, 11) is 0. The smallest absolute Gasteiger partial charge is 0.338 e. The van der Waals surface area contributed by atoms with Gasteiger partial charge in [0, 0.05) is 11.6 Å².